The van der Waals surface area contributed by atoms with E-state index >= 15 is 0 Å². The minimum absolute atomic E-state index is 0.0104. The summed E-state index contributed by atoms with van der Waals surface area (Å²) in [6.07, 6.45) is 6.93. The van der Waals surface area contributed by atoms with E-state index in [0.717, 1.165) is 94.5 Å². The van der Waals surface area contributed by atoms with Crippen molar-refractivity contribution >= 4 is 39.6 Å². The molecule has 2 N–H and O–H groups in total. The highest BCUT2D eigenvalue weighted by Gasteiger charge is 2.51. The lowest BCUT2D eigenvalue weighted by Gasteiger charge is -2.37. The zero-order chi connectivity index (χ0) is 37.8. The normalized spacial score (nSPS) is 22.2. The van der Waals surface area contributed by atoms with Crippen LogP contribution in [0.25, 0.3) is 44.2 Å². The van der Waals surface area contributed by atoms with Crippen LogP contribution in [0, 0.1) is 29.6 Å². The molecular weight excluding hydrogens is 677 g/mol. The van der Waals surface area contributed by atoms with Gasteiger partial charge in [0.15, 0.2) is 0 Å². The zero-order valence-electron chi connectivity index (χ0n) is 32.3. The number of benzene rings is 3. The van der Waals surface area contributed by atoms with Gasteiger partial charge in [0.1, 0.15) is 11.6 Å². The van der Waals surface area contributed by atoms with Gasteiger partial charge in [-0.15, -0.1) is 0 Å². The summed E-state index contributed by atoms with van der Waals surface area (Å²) in [6.45, 7) is 11.0. The van der Waals surface area contributed by atoms with Gasteiger partial charge in [-0.25, -0.2) is 9.97 Å². The van der Waals surface area contributed by atoms with E-state index < -0.39 is 5.92 Å². The van der Waals surface area contributed by atoms with E-state index in [1.165, 1.54) is 7.11 Å². The van der Waals surface area contributed by atoms with Crippen molar-refractivity contribution in [3.63, 3.8) is 0 Å². The monoisotopic (exact) mass is 728 g/mol. The lowest BCUT2D eigenvalue weighted by molar-refractivity contribution is -0.150. The standard InChI is InChI=1S/C44H52N6O4/c1-24(2)26(5)43(52)49-17-7-8-38(49)41-45-23-37(48-41)31-12-11-27-18-28(9-10-29(27)19-31)30-14-16-35-36(21-30)47-42(46-35)40-32-13-15-33(20-32)50(40)44(53)34(25(3)4)22-39(51)54-6/h9-12,14,16,18-19,21,23-26,32-34,38,40H,7-8,13,15,17,20,22H2,1-6H3,(H,45,48)(H,46,47)/t26-,32+,33-,34-,38-,40-/m0/s1. The molecule has 8 rings (SSSR count). The molecule has 3 aliphatic rings. The molecule has 2 aliphatic heterocycles. The second-order valence-corrected chi connectivity index (χ2v) is 16.6. The van der Waals surface area contributed by atoms with Crippen LogP contribution in [0.4, 0.5) is 0 Å². The predicted octanol–water partition coefficient (Wildman–Crippen LogP) is 8.62. The molecule has 10 nitrogen and oxygen atoms in total. The number of H-pyrrole nitrogens is 2. The van der Waals surface area contributed by atoms with Gasteiger partial charge in [-0.2, -0.15) is 0 Å². The molecule has 2 bridgehead atoms. The van der Waals surface area contributed by atoms with Gasteiger partial charge >= 0.3 is 5.97 Å². The quantitative estimate of drug-likeness (QED) is 0.139. The molecule has 2 saturated heterocycles. The number of methoxy groups -OCH3 is 1. The van der Waals surface area contributed by atoms with E-state index in [1.54, 1.807) is 0 Å². The summed E-state index contributed by atoms with van der Waals surface area (Å²) >= 11 is 0. The molecule has 0 radical (unpaired) electrons. The Hall–Kier alpha value is -4.99. The number of carbonyl (C=O) groups excluding carboxylic acids is 3. The van der Waals surface area contributed by atoms with Crippen LogP contribution >= 0.6 is 0 Å². The summed E-state index contributed by atoms with van der Waals surface area (Å²) in [5.41, 5.74) is 6.03. The maximum Gasteiger partial charge on any atom is 0.306 e. The summed E-state index contributed by atoms with van der Waals surface area (Å²) in [6, 6.07) is 19.4. The van der Waals surface area contributed by atoms with Crippen molar-refractivity contribution in [3.05, 3.63) is 72.4 Å². The average molecular weight is 729 g/mol. The number of rotatable bonds is 10. The minimum Gasteiger partial charge on any atom is -0.469 e. The highest BCUT2D eigenvalue weighted by molar-refractivity contribution is 5.92. The van der Waals surface area contributed by atoms with E-state index in [-0.39, 0.29) is 54.2 Å². The number of ether oxygens (including phenoxy) is 1. The van der Waals surface area contributed by atoms with Crippen LogP contribution < -0.4 is 0 Å². The Labute approximate surface area is 317 Å². The summed E-state index contributed by atoms with van der Waals surface area (Å²) < 4.78 is 4.95. The Bertz CT molecular complexity index is 2220. The molecule has 54 heavy (non-hydrogen) atoms. The van der Waals surface area contributed by atoms with Crippen molar-refractivity contribution < 1.29 is 19.1 Å². The maximum absolute atomic E-state index is 14.1. The summed E-state index contributed by atoms with van der Waals surface area (Å²) in [7, 11) is 1.38. The molecule has 2 amide bonds. The van der Waals surface area contributed by atoms with Crippen molar-refractivity contribution in [2.45, 2.75) is 91.3 Å². The Morgan fingerprint density at radius 1 is 0.833 bits per heavy atom. The Morgan fingerprint density at radius 3 is 2.30 bits per heavy atom. The number of nitrogens with one attached hydrogen (secondary N) is 2. The summed E-state index contributed by atoms with van der Waals surface area (Å²) in [4.78, 5) is 60.5. The second kappa shape index (κ2) is 14.3. The molecule has 1 saturated carbocycles. The fourth-order valence-electron chi connectivity index (χ4n) is 9.18. The lowest BCUT2D eigenvalue weighted by atomic mass is 9.89. The molecule has 3 aromatic carbocycles. The highest BCUT2D eigenvalue weighted by atomic mass is 16.5. The third-order valence-electron chi connectivity index (χ3n) is 12.7. The highest BCUT2D eigenvalue weighted by Crippen LogP contribution is 2.51. The van der Waals surface area contributed by atoms with Crippen LogP contribution in [0.5, 0.6) is 0 Å². The van der Waals surface area contributed by atoms with E-state index in [4.69, 9.17) is 14.7 Å². The largest absolute Gasteiger partial charge is 0.469 e. The predicted molar refractivity (Wildman–Crippen MR) is 210 cm³/mol. The molecule has 5 aromatic rings. The molecular formula is C44H52N6O4. The molecule has 6 atom stereocenters. The first-order valence-corrected chi connectivity index (χ1v) is 19.8. The van der Waals surface area contributed by atoms with Crippen LogP contribution in [0.3, 0.4) is 0 Å². The second-order valence-electron chi connectivity index (χ2n) is 16.6. The van der Waals surface area contributed by atoms with Crippen molar-refractivity contribution in [1.82, 2.24) is 29.7 Å². The van der Waals surface area contributed by atoms with Crippen LogP contribution in [0.2, 0.25) is 0 Å². The number of hydrogen-bond acceptors (Lipinski definition) is 6. The van der Waals surface area contributed by atoms with Gasteiger partial charge in [0, 0.05) is 24.1 Å². The number of aromatic nitrogens is 4. The number of carbonyl (C=O) groups is 3. The van der Waals surface area contributed by atoms with Crippen LogP contribution in [0.15, 0.2) is 60.8 Å². The molecule has 4 heterocycles. The minimum atomic E-state index is -0.422. The molecule has 1 aliphatic carbocycles. The summed E-state index contributed by atoms with van der Waals surface area (Å²) in [5, 5.41) is 2.27. The number of amides is 2. The number of aromatic amines is 2. The van der Waals surface area contributed by atoms with E-state index in [0.29, 0.717) is 11.8 Å². The van der Waals surface area contributed by atoms with Crippen molar-refractivity contribution in [1.29, 1.82) is 0 Å². The number of likely N-dealkylation sites (tertiary alicyclic amines) is 2. The number of fused-ring (bicyclic) bond motifs is 4. The molecule has 3 fully saturated rings. The Morgan fingerprint density at radius 2 is 1.56 bits per heavy atom. The zero-order valence-corrected chi connectivity index (χ0v) is 32.3. The number of imidazole rings is 2. The molecule has 2 aromatic heterocycles. The smallest absolute Gasteiger partial charge is 0.306 e. The average Bonchev–Trinajstić information content (AvgIpc) is 4.03. The molecule has 0 unspecified atom stereocenters. The fourth-order valence-corrected chi connectivity index (χ4v) is 9.18. The third-order valence-corrected chi connectivity index (χ3v) is 12.7. The van der Waals surface area contributed by atoms with E-state index in [2.05, 4.69) is 78.4 Å². The number of nitrogens with zero attached hydrogens (tertiary/aromatic N) is 4. The molecule has 10 heteroatoms. The lowest BCUT2D eigenvalue weighted by Crippen LogP contribution is -2.45. The van der Waals surface area contributed by atoms with Gasteiger partial charge in [-0.1, -0.05) is 65.0 Å². The maximum atomic E-state index is 14.1. The van der Waals surface area contributed by atoms with Crippen molar-refractivity contribution in [2.75, 3.05) is 13.7 Å². The first-order valence-electron chi connectivity index (χ1n) is 19.8. The van der Waals surface area contributed by atoms with Gasteiger partial charge < -0.3 is 24.5 Å². The van der Waals surface area contributed by atoms with Gasteiger partial charge in [-0.3, -0.25) is 14.4 Å². The fraction of sp³-hybridized carbons (Fsp3) is 0.477. The Balaban J connectivity index is 1.02. The number of piperidine rings is 1. The van der Waals surface area contributed by atoms with E-state index in [9.17, 15) is 14.4 Å². The Kier molecular flexibility index (Phi) is 9.56. The first kappa shape index (κ1) is 36.0. The summed E-state index contributed by atoms with van der Waals surface area (Å²) in [5.74, 6) is 1.82. The van der Waals surface area contributed by atoms with Gasteiger partial charge in [0.25, 0.3) is 0 Å². The van der Waals surface area contributed by atoms with Crippen LogP contribution in [-0.2, 0) is 19.1 Å². The SMILES string of the molecule is COC(=O)C[C@H](C(=O)N1[C@H]2CC[C@H](C2)[C@H]1c1nc2ccc(-c3ccc4cc(-c5cnc([C@@H]6CCCN6C(=O)[C@@H](C)C(C)C)[nH]5)ccc4c3)cc2[nH]1)C(C)C. The first-order chi connectivity index (χ1) is 26.0. The van der Waals surface area contributed by atoms with Gasteiger partial charge in [0.05, 0.1) is 54.5 Å². The third kappa shape index (κ3) is 6.47. The molecule has 0 spiro atoms. The number of esters is 1. The van der Waals surface area contributed by atoms with Gasteiger partial charge in [-0.05, 0) is 96.0 Å². The van der Waals surface area contributed by atoms with Crippen LogP contribution in [-0.4, -0.2) is 67.2 Å². The van der Waals surface area contributed by atoms with Crippen molar-refractivity contribution in [3.8, 4) is 22.4 Å². The topological polar surface area (TPSA) is 124 Å². The molecule has 282 valence electrons. The van der Waals surface area contributed by atoms with Gasteiger partial charge in [0.2, 0.25) is 11.8 Å². The van der Waals surface area contributed by atoms with Crippen molar-refractivity contribution in [2.24, 2.45) is 29.6 Å². The van der Waals surface area contributed by atoms with Crippen LogP contribution in [0.1, 0.15) is 96.9 Å². The number of hydrogen-bond donors (Lipinski definition) is 2. The van der Waals surface area contributed by atoms with E-state index in [1.807, 2.05) is 36.8 Å².